The first kappa shape index (κ1) is 23.8. The average Bonchev–Trinajstić information content (AvgIpc) is 3.44. The van der Waals surface area contributed by atoms with Crippen molar-refractivity contribution in [3.05, 3.63) is 114 Å². The highest BCUT2D eigenvalue weighted by molar-refractivity contribution is 7.80. The van der Waals surface area contributed by atoms with Crippen molar-refractivity contribution in [1.29, 1.82) is 0 Å². The van der Waals surface area contributed by atoms with E-state index in [1.165, 1.54) is 0 Å². The summed E-state index contributed by atoms with van der Waals surface area (Å²) in [6.07, 6.45) is 2.11. The topological polar surface area (TPSA) is 62.2 Å². The minimum Gasteiger partial charge on any atom is -0.352 e. The van der Waals surface area contributed by atoms with Crippen LogP contribution in [-0.2, 0) is 4.79 Å². The van der Waals surface area contributed by atoms with E-state index >= 15 is 0 Å². The standard InChI is InChI=1S/C29H29N5OS/c1-20-11-14-22(15-12-20)31-26(35)17-19-33-28(27(32-29(33)36)24-10-6-7-18-30-24)25-16-13-21(2)34(25)23-8-4-3-5-9-23/h3-16,18,27-28H,17,19H2,1-2H3,(H,31,35)(H,32,36). The van der Waals surface area contributed by atoms with Gasteiger partial charge >= 0.3 is 0 Å². The van der Waals surface area contributed by atoms with Crippen LogP contribution in [0.15, 0.2) is 91.1 Å². The number of para-hydroxylation sites is 1. The third kappa shape index (κ3) is 4.88. The van der Waals surface area contributed by atoms with Gasteiger partial charge in [0.25, 0.3) is 0 Å². The van der Waals surface area contributed by atoms with Crippen LogP contribution in [0.1, 0.15) is 41.1 Å². The summed E-state index contributed by atoms with van der Waals surface area (Å²) in [6, 6.07) is 28.0. The van der Waals surface area contributed by atoms with Gasteiger partial charge in [-0.05, 0) is 74.6 Å². The molecule has 0 bridgehead atoms. The highest BCUT2D eigenvalue weighted by atomic mass is 32.1. The lowest BCUT2D eigenvalue weighted by Crippen LogP contribution is -2.33. The van der Waals surface area contributed by atoms with Gasteiger partial charge in [-0.3, -0.25) is 9.78 Å². The Morgan fingerprint density at radius 2 is 1.72 bits per heavy atom. The fourth-order valence-electron chi connectivity index (χ4n) is 4.77. The number of carbonyl (C=O) groups is 1. The Labute approximate surface area is 217 Å². The summed E-state index contributed by atoms with van der Waals surface area (Å²) in [7, 11) is 0. The molecule has 0 aliphatic carbocycles. The Kier molecular flexibility index (Phi) is 6.82. The molecule has 2 aromatic heterocycles. The molecule has 1 fully saturated rings. The minimum absolute atomic E-state index is 0.0451. The number of thiocarbonyl (C=S) groups is 1. The van der Waals surface area contributed by atoms with Crippen molar-refractivity contribution < 1.29 is 4.79 Å². The summed E-state index contributed by atoms with van der Waals surface area (Å²) >= 11 is 5.80. The summed E-state index contributed by atoms with van der Waals surface area (Å²) < 4.78 is 2.26. The fourth-order valence-corrected chi connectivity index (χ4v) is 5.10. The molecule has 0 saturated carbocycles. The van der Waals surface area contributed by atoms with Crippen LogP contribution in [-0.4, -0.2) is 32.0 Å². The quantitative estimate of drug-likeness (QED) is 0.332. The number of hydrogen-bond acceptors (Lipinski definition) is 3. The number of aryl methyl sites for hydroxylation is 2. The van der Waals surface area contributed by atoms with E-state index in [1.807, 2.05) is 67.6 Å². The molecule has 2 aromatic carbocycles. The average molecular weight is 496 g/mol. The summed E-state index contributed by atoms with van der Waals surface area (Å²) in [5.74, 6) is -0.0451. The van der Waals surface area contributed by atoms with Gasteiger partial charge in [-0.1, -0.05) is 42.0 Å². The number of nitrogens with zero attached hydrogens (tertiary/aromatic N) is 3. The number of pyridine rings is 1. The number of rotatable bonds is 7. The Balaban J connectivity index is 1.45. The van der Waals surface area contributed by atoms with Gasteiger partial charge in [-0.15, -0.1) is 0 Å². The fraction of sp³-hybridized carbons (Fsp3) is 0.207. The molecule has 7 heteroatoms. The molecule has 0 radical (unpaired) electrons. The van der Waals surface area contributed by atoms with Gasteiger partial charge < -0.3 is 20.1 Å². The first-order chi connectivity index (χ1) is 17.5. The lowest BCUT2D eigenvalue weighted by Gasteiger charge is -2.29. The van der Waals surface area contributed by atoms with Crippen molar-refractivity contribution in [3.63, 3.8) is 0 Å². The van der Waals surface area contributed by atoms with Gasteiger partial charge in [0.15, 0.2) is 5.11 Å². The second kappa shape index (κ2) is 10.3. The Morgan fingerprint density at radius 1 is 0.972 bits per heavy atom. The normalized spacial score (nSPS) is 17.2. The van der Waals surface area contributed by atoms with Gasteiger partial charge in [-0.25, -0.2) is 0 Å². The third-order valence-corrected chi connectivity index (χ3v) is 6.89. The molecular formula is C29H29N5OS. The molecule has 2 unspecified atom stereocenters. The van der Waals surface area contributed by atoms with Gasteiger partial charge in [0.05, 0.1) is 17.8 Å². The number of aromatic nitrogens is 2. The van der Waals surface area contributed by atoms with E-state index in [4.69, 9.17) is 12.2 Å². The van der Waals surface area contributed by atoms with Crippen LogP contribution in [0, 0.1) is 13.8 Å². The molecule has 4 aromatic rings. The lowest BCUT2D eigenvalue weighted by molar-refractivity contribution is -0.116. The van der Waals surface area contributed by atoms with E-state index < -0.39 is 0 Å². The molecule has 1 amide bonds. The van der Waals surface area contributed by atoms with E-state index in [-0.39, 0.29) is 18.0 Å². The molecule has 2 N–H and O–H groups in total. The predicted octanol–water partition coefficient (Wildman–Crippen LogP) is 5.49. The number of carbonyl (C=O) groups excluding carboxylic acids is 1. The van der Waals surface area contributed by atoms with Crippen LogP contribution in [0.25, 0.3) is 5.69 Å². The molecule has 182 valence electrons. The van der Waals surface area contributed by atoms with E-state index in [0.717, 1.165) is 34.0 Å². The van der Waals surface area contributed by atoms with Crippen molar-refractivity contribution >= 4 is 28.9 Å². The van der Waals surface area contributed by atoms with Gasteiger partial charge in [0, 0.05) is 41.9 Å². The van der Waals surface area contributed by atoms with Crippen LogP contribution in [0.5, 0.6) is 0 Å². The van der Waals surface area contributed by atoms with E-state index in [9.17, 15) is 4.79 Å². The lowest BCUT2D eigenvalue weighted by atomic mass is 10.0. The molecule has 1 aliphatic rings. The molecule has 2 atom stereocenters. The highest BCUT2D eigenvalue weighted by Crippen LogP contribution is 2.40. The summed E-state index contributed by atoms with van der Waals surface area (Å²) in [6.45, 7) is 4.61. The molecule has 0 spiro atoms. The zero-order chi connectivity index (χ0) is 25.1. The second-order valence-electron chi connectivity index (χ2n) is 9.05. The number of nitrogens with one attached hydrogen (secondary N) is 2. The Hall–Kier alpha value is -3.97. The molecule has 36 heavy (non-hydrogen) atoms. The zero-order valence-corrected chi connectivity index (χ0v) is 21.2. The monoisotopic (exact) mass is 495 g/mol. The SMILES string of the molecule is Cc1ccc(NC(=O)CCN2C(=S)NC(c3ccccn3)C2c2ccc(C)n2-c2ccccc2)cc1. The predicted molar refractivity (Wildman–Crippen MR) is 147 cm³/mol. The van der Waals surface area contributed by atoms with E-state index in [1.54, 1.807) is 6.20 Å². The van der Waals surface area contributed by atoms with Crippen molar-refractivity contribution in [2.24, 2.45) is 0 Å². The molecular weight excluding hydrogens is 466 g/mol. The molecule has 3 heterocycles. The van der Waals surface area contributed by atoms with Crippen molar-refractivity contribution in [2.75, 3.05) is 11.9 Å². The van der Waals surface area contributed by atoms with Crippen molar-refractivity contribution in [3.8, 4) is 5.69 Å². The largest absolute Gasteiger partial charge is 0.352 e. The maximum Gasteiger partial charge on any atom is 0.226 e. The van der Waals surface area contributed by atoms with Crippen LogP contribution in [0.3, 0.4) is 0 Å². The van der Waals surface area contributed by atoms with Gasteiger partial charge in [0.1, 0.15) is 0 Å². The van der Waals surface area contributed by atoms with Crippen LogP contribution < -0.4 is 10.6 Å². The molecule has 1 aliphatic heterocycles. The van der Waals surface area contributed by atoms with Gasteiger partial charge in [-0.2, -0.15) is 0 Å². The Bertz CT molecular complexity index is 1350. The number of hydrogen-bond donors (Lipinski definition) is 2. The summed E-state index contributed by atoms with van der Waals surface area (Å²) in [4.78, 5) is 19.6. The molecule has 6 nitrogen and oxygen atoms in total. The smallest absolute Gasteiger partial charge is 0.226 e. The summed E-state index contributed by atoms with van der Waals surface area (Å²) in [5.41, 5.74) is 6.18. The number of anilines is 1. The van der Waals surface area contributed by atoms with Crippen molar-refractivity contribution in [2.45, 2.75) is 32.4 Å². The van der Waals surface area contributed by atoms with Gasteiger partial charge in [0.2, 0.25) is 5.91 Å². The summed E-state index contributed by atoms with van der Waals surface area (Å²) in [5, 5.41) is 7.11. The second-order valence-corrected chi connectivity index (χ2v) is 9.44. The molecule has 1 saturated heterocycles. The number of benzene rings is 2. The van der Waals surface area contributed by atoms with E-state index in [2.05, 4.69) is 56.3 Å². The zero-order valence-electron chi connectivity index (χ0n) is 20.4. The van der Waals surface area contributed by atoms with Crippen LogP contribution >= 0.6 is 12.2 Å². The van der Waals surface area contributed by atoms with E-state index in [0.29, 0.717) is 18.1 Å². The Morgan fingerprint density at radius 3 is 2.44 bits per heavy atom. The highest BCUT2D eigenvalue weighted by Gasteiger charge is 2.41. The van der Waals surface area contributed by atoms with Crippen molar-refractivity contribution in [1.82, 2.24) is 19.8 Å². The third-order valence-electron chi connectivity index (χ3n) is 6.54. The first-order valence-corrected chi connectivity index (χ1v) is 12.5. The van der Waals surface area contributed by atoms with Crippen LogP contribution in [0.2, 0.25) is 0 Å². The number of amides is 1. The first-order valence-electron chi connectivity index (χ1n) is 12.1. The molecule has 5 rings (SSSR count). The minimum atomic E-state index is -0.143. The maximum atomic E-state index is 12.8. The maximum absolute atomic E-state index is 12.8. The van der Waals surface area contributed by atoms with Crippen LogP contribution in [0.4, 0.5) is 5.69 Å².